The summed E-state index contributed by atoms with van der Waals surface area (Å²) in [6.07, 6.45) is 13.9. The number of carbonyl (C=O) groups excluding carboxylic acids is 1. The van der Waals surface area contributed by atoms with Gasteiger partial charge in [-0.15, -0.1) is 5.73 Å². The van der Waals surface area contributed by atoms with Gasteiger partial charge in [0.2, 0.25) is 6.41 Å². The number of ether oxygens (including phenoxy) is 1. The van der Waals surface area contributed by atoms with Crippen molar-refractivity contribution in [1.82, 2.24) is 9.78 Å². The first-order valence-corrected chi connectivity index (χ1v) is 11.0. The number of rotatable bonds is 15. The SMILES string of the molecule is C/C=C\CC(=C=CCc1cc(NC=O)nn1/C(=C/C=C\CC)C(C)C)COCC(F)(F)CF. The molecule has 0 spiro atoms. The second kappa shape index (κ2) is 15.1. The average Bonchev–Trinajstić information content (AvgIpc) is 3.16. The summed E-state index contributed by atoms with van der Waals surface area (Å²) in [5, 5.41) is 7.07. The van der Waals surface area contributed by atoms with E-state index in [2.05, 4.69) is 36.9 Å². The summed E-state index contributed by atoms with van der Waals surface area (Å²) in [6.45, 7) is 5.20. The van der Waals surface area contributed by atoms with Crippen molar-refractivity contribution in [3.63, 3.8) is 0 Å². The lowest BCUT2D eigenvalue weighted by Gasteiger charge is -2.14. The highest BCUT2D eigenvalue weighted by molar-refractivity contribution is 5.69. The summed E-state index contributed by atoms with van der Waals surface area (Å²) in [7, 11) is 0. The third kappa shape index (κ3) is 10.6. The van der Waals surface area contributed by atoms with E-state index in [0.29, 0.717) is 30.6 Å². The maximum atomic E-state index is 13.1. The predicted octanol–water partition coefficient (Wildman–Crippen LogP) is 6.13. The van der Waals surface area contributed by atoms with Gasteiger partial charge in [0.15, 0.2) is 12.5 Å². The van der Waals surface area contributed by atoms with Crippen molar-refractivity contribution in [3.8, 4) is 0 Å². The van der Waals surface area contributed by atoms with E-state index in [1.54, 1.807) is 16.8 Å². The second-order valence-corrected chi connectivity index (χ2v) is 7.69. The number of alkyl halides is 3. The minimum Gasteiger partial charge on any atom is -0.370 e. The Labute approximate surface area is 194 Å². The van der Waals surface area contributed by atoms with Gasteiger partial charge in [0.05, 0.1) is 12.3 Å². The number of anilines is 1. The van der Waals surface area contributed by atoms with Gasteiger partial charge in [-0.3, -0.25) is 4.79 Å². The van der Waals surface area contributed by atoms with E-state index < -0.39 is 19.2 Å². The molecule has 1 heterocycles. The van der Waals surface area contributed by atoms with Crippen molar-refractivity contribution >= 4 is 17.9 Å². The van der Waals surface area contributed by atoms with E-state index in [9.17, 15) is 18.0 Å². The molecular formula is C25H34F3N3O2. The summed E-state index contributed by atoms with van der Waals surface area (Å²) in [5.74, 6) is -2.89. The third-order valence-electron chi connectivity index (χ3n) is 4.47. The predicted molar refractivity (Wildman–Crippen MR) is 127 cm³/mol. The Morgan fingerprint density at radius 1 is 1.36 bits per heavy atom. The molecule has 0 aliphatic carbocycles. The Kier molecular flexibility index (Phi) is 12.9. The molecule has 0 saturated carbocycles. The van der Waals surface area contributed by atoms with E-state index in [0.717, 1.165) is 17.8 Å². The van der Waals surface area contributed by atoms with Crippen molar-refractivity contribution in [2.75, 3.05) is 25.2 Å². The molecule has 0 atom stereocenters. The quantitative estimate of drug-likeness (QED) is 0.147. The van der Waals surface area contributed by atoms with Crippen LogP contribution in [0.25, 0.3) is 5.70 Å². The van der Waals surface area contributed by atoms with Gasteiger partial charge in [-0.05, 0) is 37.8 Å². The first-order chi connectivity index (χ1) is 15.8. The molecular weight excluding hydrogens is 431 g/mol. The van der Waals surface area contributed by atoms with Gasteiger partial charge in [0.1, 0.15) is 6.61 Å². The highest BCUT2D eigenvalue weighted by Gasteiger charge is 2.29. The standard InChI is InChI=1S/C25H34F3N3O2/c1-5-7-9-14-23(20(3)4)31-22(15-24(30-31)29-19-32)13-10-12-21(11-8-6-2)16-33-18-25(27,28)17-26/h6-10,14-15,19-20H,5,11,13,16-18H2,1-4H3,(H,29,30,32)/b8-6-,9-7-,23-14+. The van der Waals surface area contributed by atoms with Gasteiger partial charge in [-0.1, -0.05) is 45.1 Å². The number of amides is 1. The van der Waals surface area contributed by atoms with Crippen molar-refractivity contribution < 1.29 is 22.7 Å². The van der Waals surface area contributed by atoms with Crippen LogP contribution in [0.1, 0.15) is 46.2 Å². The van der Waals surface area contributed by atoms with E-state index in [-0.39, 0.29) is 12.5 Å². The normalized spacial score (nSPS) is 12.5. The molecule has 0 unspecified atom stereocenters. The van der Waals surface area contributed by atoms with Crippen LogP contribution >= 0.6 is 0 Å². The Morgan fingerprint density at radius 3 is 2.73 bits per heavy atom. The fourth-order valence-corrected chi connectivity index (χ4v) is 2.81. The van der Waals surface area contributed by atoms with Crippen LogP contribution in [0.4, 0.5) is 19.0 Å². The number of nitrogens with zero attached hydrogens (tertiary/aromatic N) is 2. The maximum Gasteiger partial charge on any atom is 0.298 e. The van der Waals surface area contributed by atoms with Crippen molar-refractivity contribution in [1.29, 1.82) is 0 Å². The van der Waals surface area contributed by atoms with Crippen LogP contribution in [-0.4, -0.2) is 42.0 Å². The van der Waals surface area contributed by atoms with Crippen molar-refractivity contribution in [3.05, 3.63) is 59.5 Å². The molecule has 182 valence electrons. The van der Waals surface area contributed by atoms with Gasteiger partial charge >= 0.3 is 0 Å². The number of aromatic nitrogens is 2. The first kappa shape index (κ1) is 28.2. The summed E-state index contributed by atoms with van der Waals surface area (Å²) in [4.78, 5) is 10.9. The zero-order valence-corrected chi connectivity index (χ0v) is 19.8. The van der Waals surface area contributed by atoms with Crippen molar-refractivity contribution in [2.24, 2.45) is 5.92 Å². The van der Waals surface area contributed by atoms with Gasteiger partial charge in [-0.2, -0.15) is 5.10 Å². The molecule has 5 nitrogen and oxygen atoms in total. The van der Waals surface area contributed by atoms with Crippen LogP contribution in [0.2, 0.25) is 0 Å². The molecule has 1 aromatic rings. The molecule has 0 aromatic carbocycles. The molecule has 8 heteroatoms. The topological polar surface area (TPSA) is 56.2 Å². The first-order valence-electron chi connectivity index (χ1n) is 11.0. The van der Waals surface area contributed by atoms with Crippen LogP contribution in [0, 0.1) is 5.92 Å². The number of allylic oxidation sites excluding steroid dienone is 6. The van der Waals surface area contributed by atoms with E-state index in [1.807, 2.05) is 37.3 Å². The fourth-order valence-electron chi connectivity index (χ4n) is 2.81. The molecule has 0 bridgehead atoms. The summed E-state index contributed by atoms with van der Waals surface area (Å²) in [5.41, 5.74) is 5.55. The number of hydrogen-bond donors (Lipinski definition) is 1. The third-order valence-corrected chi connectivity index (χ3v) is 4.47. The Morgan fingerprint density at radius 2 is 2.12 bits per heavy atom. The molecule has 33 heavy (non-hydrogen) atoms. The van der Waals surface area contributed by atoms with Crippen LogP contribution in [0.15, 0.2) is 53.8 Å². The minimum absolute atomic E-state index is 0.0768. The molecule has 1 rings (SSSR count). The number of carbonyl (C=O) groups is 1. The largest absolute Gasteiger partial charge is 0.370 e. The number of hydrogen-bond acceptors (Lipinski definition) is 3. The molecule has 1 N–H and O–H groups in total. The zero-order chi connectivity index (χ0) is 24.7. The van der Waals surface area contributed by atoms with Crippen LogP contribution in [-0.2, 0) is 16.0 Å². The van der Waals surface area contributed by atoms with E-state index in [4.69, 9.17) is 4.74 Å². The Bertz CT molecular complexity index is 893. The van der Waals surface area contributed by atoms with Crippen LogP contribution in [0.3, 0.4) is 0 Å². The van der Waals surface area contributed by atoms with E-state index >= 15 is 0 Å². The van der Waals surface area contributed by atoms with Crippen LogP contribution in [0.5, 0.6) is 0 Å². The lowest BCUT2D eigenvalue weighted by molar-refractivity contribution is -0.105. The molecule has 1 aromatic heterocycles. The Balaban J connectivity index is 3.19. The Hall–Kier alpha value is -2.83. The smallest absolute Gasteiger partial charge is 0.298 e. The van der Waals surface area contributed by atoms with E-state index in [1.165, 1.54) is 0 Å². The monoisotopic (exact) mass is 465 g/mol. The van der Waals surface area contributed by atoms with Crippen LogP contribution < -0.4 is 5.32 Å². The fraction of sp³-hybridized carbons (Fsp3) is 0.480. The molecule has 0 saturated heterocycles. The summed E-state index contributed by atoms with van der Waals surface area (Å²) >= 11 is 0. The summed E-state index contributed by atoms with van der Waals surface area (Å²) in [6, 6.07) is 1.77. The van der Waals surface area contributed by atoms with Gasteiger partial charge in [-0.25, -0.2) is 17.9 Å². The second-order valence-electron chi connectivity index (χ2n) is 7.69. The number of nitrogens with one attached hydrogen (secondary N) is 1. The van der Waals surface area contributed by atoms with Gasteiger partial charge in [0, 0.05) is 23.8 Å². The van der Waals surface area contributed by atoms with Gasteiger partial charge in [0.25, 0.3) is 5.92 Å². The van der Waals surface area contributed by atoms with Crippen molar-refractivity contribution in [2.45, 2.75) is 52.9 Å². The molecule has 0 aliphatic rings. The highest BCUT2D eigenvalue weighted by atomic mass is 19.3. The maximum absolute atomic E-state index is 13.1. The highest BCUT2D eigenvalue weighted by Crippen LogP contribution is 2.22. The zero-order valence-electron chi connectivity index (χ0n) is 19.8. The molecule has 1 amide bonds. The molecule has 0 radical (unpaired) electrons. The number of halogens is 3. The average molecular weight is 466 g/mol. The molecule has 0 fully saturated rings. The lowest BCUT2D eigenvalue weighted by Crippen LogP contribution is -2.26. The van der Waals surface area contributed by atoms with Gasteiger partial charge < -0.3 is 10.1 Å². The molecule has 0 aliphatic heterocycles. The minimum atomic E-state index is -3.49. The summed E-state index contributed by atoms with van der Waals surface area (Å²) < 4.78 is 45.3. The lowest BCUT2D eigenvalue weighted by atomic mass is 10.1.